The summed E-state index contributed by atoms with van der Waals surface area (Å²) in [5, 5.41) is 6.01. The minimum atomic E-state index is -3.14. The average Bonchev–Trinajstić information content (AvgIpc) is 2.94. The Balaban J connectivity index is 1.73. The first-order chi connectivity index (χ1) is 12.2. The third-order valence-electron chi connectivity index (χ3n) is 4.52. The van der Waals surface area contributed by atoms with Gasteiger partial charge in [0, 0.05) is 31.5 Å². The number of benzene rings is 1. The normalized spacial score (nSPS) is 22.2. The Morgan fingerprint density at radius 1 is 1.38 bits per heavy atom. The lowest BCUT2D eigenvalue weighted by Gasteiger charge is -2.29. The van der Waals surface area contributed by atoms with E-state index in [2.05, 4.69) is 5.10 Å². The highest BCUT2D eigenvalue weighted by Gasteiger charge is 2.37. The van der Waals surface area contributed by atoms with Crippen LogP contribution in [0, 0.1) is 0 Å². The Morgan fingerprint density at radius 3 is 2.81 bits per heavy atom. The molecular weight excluding hydrogens is 378 g/mol. The summed E-state index contributed by atoms with van der Waals surface area (Å²) in [5.41, 5.74) is 1.16. The van der Waals surface area contributed by atoms with Crippen LogP contribution in [0.3, 0.4) is 0 Å². The van der Waals surface area contributed by atoms with E-state index < -0.39 is 15.9 Å². The maximum atomic E-state index is 12.7. The molecule has 1 aromatic carbocycles. The first-order valence-corrected chi connectivity index (χ1v) is 10.5. The molecule has 0 aliphatic carbocycles. The van der Waals surface area contributed by atoms with E-state index in [1.165, 1.54) is 9.91 Å². The van der Waals surface area contributed by atoms with E-state index in [9.17, 15) is 18.0 Å². The molecular formula is C17H20ClN3O4S. The molecule has 1 aromatic rings. The Labute approximate surface area is 157 Å². The topological polar surface area (TPSA) is 87.1 Å². The zero-order chi connectivity index (χ0) is 18.9. The molecule has 0 spiro atoms. The summed E-state index contributed by atoms with van der Waals surface area (Å²) in [6.07, 6.45) is 0.775. The fourth-order valence-electron chi connectivity index (χ4n) is 3.18. The Bertz CT molecular complexity index is 869. The van der Waals surface area contributed by atoms with Crippen molar-refractivity contribution in [3.63, 3.8) is 0 Å². The molecule has 9 heteroatoms. The molecule has 2 aliphatic heterocycles. The van der Waals surface area contributed by atoms with Crippen molar-refractivity contribution < 1.29 is 18.0 Å². The van der Waals surface area contributed by atoms with Crippen molar-refractivity contribution in [2.45, 2.75) is 31.8 Å². The summed E-state index contributed by atoms with van der Waals surface area (Å²) >= 11 is 5.97. The molecule has 7 nitrogen and oxygen atoms in total. The molecule has 1 unspecified atom stereocenters. The van der Waals surface area contributed by atoms with Crippen molar-refractivity contribution in [2.24, 2.45) is 5.10 Å². The molecule has 0 bridgehead atoms. The highest BCUT2D eigenvalue weighted by molar-refractivity contribution is 7.91. The summed E-state index contributed by atoms with van der Waals surface area (Å²) in [6, 6.07) is 6.76. The Kier molecular flexibility index (Phi) is 5.34. The molecule has 2 heterocycles. The molecule has 2 amide bonds. The third kappa shape index (κ3) is 4.24. The first kappa shape index (κ1) is 18.8. The third-order valence-corrected chi connectivity index (χ3v) is 6.50. The van der Waals surface area contributed by atoms with Crippen LogP contribution in [0.25, 0.3) is 0 Å². The molecule has 0 saturated carbocycles. The van der Waals surface area contributed by atoms with Crippen LogP contribution in [0.2, 0.25) is 5.02 Å². The van der Waals surface area contributed by atoms with Crippen molar-refractivity contribution >= 4 is 39.0 Å². The van der Waals surface area contributed by atoms with Crippen molar-refractivity contribution in [2.75, 3.05) is 18.6 Å². The van der Waals surface area contributed by atoms with E-state index in [0.29, 0.717) is 18.0 Å². The van der Waals surface area contributed by atoms with Gasteiger partial charge in [-0.1, -0.05) is 23.7 Å². The number of hydrazone groups is 1. The summed E-state index contributed by atoms with van der Waals surface area (Å²) in [4.78, 5) is 26.3. The van der Waals surface area contributed by atoms with Gasteiger partial charge in [0.05, 0.1) is 17.5 Å². The van der Waals surface area contributed by atoms with Crippen molar-refractivity contribution in [3.05, 3.63) is 34.9 Å². The first-order valence-electron chi connectivity index (χ1n) is 8.35. The largest absolute Gasteiger partial charge is 0.336 e. The maximum Gasteiger partial charge on any atom is 0.270 e. The second-order valence-electron chi connectivity index (χ2n) is 6.63. The fourth-order valence-corrected chi connectivity index (χ4v) is 5.09. The zero-order valence-electron chi connectivity index (χ0n) is 14.4. The Morgan fingerprint density at radius 2 is 2.15 bits per heavy atom. The van der Waals surface area contributed by atoms with Gasteiger partial charge in [-0.3, -0.25) is 9.59 Å². The van der Waals surface area contributed by atoms with Crippen LogP contribution in [-0.4, -0.2) is 60.4 Å². The number of hydrogen-bond acceptors (Lipinski definition) is 5. The van der Waals surface area contributed by atoms with Crippen LogP contribution >= 0.6 is 11.6 Å². The monoisotopic (exact) mass is 397 g/mol. The van der Waals surface area contributed by atoms with Gasteiger partial charge in [-0.2, -0.15) is 5.10 Å². The molecule has 26 heavy (non-hydrogen) atoms. The molecule has 0 radical (unpaired) electrons. The number of halogens is 1. The van der Waals surface area contributed by atoms with Gasteiger partial charge in [0.1, 0.15) is 5.71 Å². The highest BCUT2D eigenvalue weighted by atomic mass is 35.5. The summed E-state index contributed by atoms with van der Waals surface area (Å²) in [7, 11) is -1.48. The van der Waals surface area contributed by atoms with Gasteiger partial charge in [0.15, 0.2) is 9.84 Å². The van der Waals surface area contributed by atoms with E-state index in [4.69, 9.17) is 11.6 Å². The molecule has 0 aromatic heterocycles. The van der Waals surface area contributed by atoms with Crippen LogP contribution in [0.1, 0.15) is 24.8 Å². The van der Waals surface area contributed by atoms with E-state index in [1.54, 1.807) is 19.2 Å². The van der Waals surface area contributed by atoms with Crippen LogP contribution < -0.4 is 0 Å². The molecule has 140 valence electrons. The summed E-state index contributed by atoms with van der Waals surface area (Å²) in [6.45, 7) is 0.365. The zero-order valence-corrected chi connectivity index (χ0v) is 16.0. The number of hydrogen-bond donors (Lipinski definition) is 0. The number of sulfone groups is 1. The van der Waals surface area contributed by atoms with Gasteiger partial charge >= 0.3 is 0 Å². The maximum absolute atomic E-state index is 12.7. The van der Waals surface area contributed by atoms with Gasteiger partial charge in [-0.25, -0.2) is 13.4 Å². The van der Waals surface area contributed by atoms with Gasteiger partial charge < -0.3 is 4.90 Å². The van der Waals surface area contributed by atoms with E-state index in [0.717, 1.165) is 5.56 Å². The number of amides is 2. The Hall–Kier alpha value is -1.93. The van der Waals surface area contributed by atoms with E-state index in [1.807, 2.05) is 12.1 Å². The number of carbonyl (C=O) groups excluding carboxylic acids is 2. The molecule has 0 N–H and O–H groups in total. The van der Waals surface area contributed by atoms with Crippen LogP contribution in [0.15, 0.2) is 29.4 Å². The molecule has 1 fully saturated rings. The lowest BCUT2D eigenvalue weighted by molar-refractivity contribution is -0.134. The molecule has 3 rings (SSSR count). The minimum absolute atomic E-state index is 0.0505. The standard InChI is InChI=1S/C17H20ClN3O4S/c1-20(10-12-3-2-4-13(18)9-12)17(23)15-5-6-16(22)21(19-15)14-7-8-26(24,25)11-14/h2-4,9,14H,5-8,10-11H2,1H3. The quantitative estimate of drug-likeness (QED) is 0.769. The highest BCUT2D eigenvalue weighted by Crippen LogP contribution is 2.22. The van der Waals surface area contributed by atoms with Crippen molar-refractivity contribution in [3.8, 4) is 0 Å². The van der Waals surface area contributed by atoms with Crippen molar-refractivity contribution in [1.82, 2.24) is 9.91 Å². The van der Waals surface area contributed by atoms with Crippen molar-refractivity contribution in [1.29, 1.82) is 0 Å². The van der Waals surface area contributed by atoms with Crippen LogP contribution in [0.5, 0.6) is 0 Å². The number of carbonyl (C=O) groups is 2. The van der Waals surface area contributed by atoms with E-state index >= 15 is 0 Å². The lowest BCUT2D eigenvalue weighted by atomic mass is 10.1. The predicted molar refractivity (Wildman–Crippen MR) is 98.5 cm³/mol. The second-order valence-corrected chi connectivity index (χ2v) is 9.30. The lowest BCUT2D eigenvalue weighted by Crippen LogP contribution is -2.44. The van der Waals surface area contributed by atoms with Gasteiger partial charge in [0.25, 0.3) is 5.91 Å². The van der Waals surface area contributed by atoms with Gasteiger partial charge in [-0.05, 0) is 24.1 Å². The van der Waals surface area contributed by atoms with Gasteiger partial charge in [-0.15, -0.1) is 0 Å². The molecule has 2 aliphatic rings. The van der Waals surface area contributed by atoms with Gasteiger partial charge in [0.2, 0.25) is 5.91 Å². The average molecular weight is 398 g/mol. The SMILES string of the molecule is CN(Cc1cccc(Cl)c1)C(=O)C1=NN(C2CCS(=O)(=O)C2)C(=O)CC1. The summed E-state index contributed by atoms with van der Waals surface area (Å²) in [5.74, 6) is -0.554. The predicted octanol–water partition coefficient (Wildman–Crippen LogP) is 1.46. The number of nitrogens with zero attached hydrogens (tertiary/aromatic N) is 3. The minimum Gasteiger partial charge on any atom is -0.336 e. The molecule has 1 atom stereocenters. The molecule has 1 saturated heterocycles. The van der Waals surface area contributed by atoms with Crippen LogP contribution in [-0.2, 0) is 26.0 Å². The van der Waals surface area contributed by atoms with E-state index in [-0.39, 0.29) is 41.9 Å². The fraction of sp³-hybridized carbons (Fsp3) is 0.471. The summed E-state index contributed by atoms with van der Waals surface area (Å²) < 4.78 is 23.3. The number of rotatable bonds is 4. The van der Waals surface area contributed by atoms with Crippen LogP contribution in [0.4, 0.5) is 0 Å². The smallest absolute Gasteiger partial charge is 0.270 e. The second kappa shape index (κ2) is 7.36.